The fourth-order valence-electron chi connectivity index (χ4n) is 2.01. The predicted octanol–water partition coefficient (Wildman–Crippen LogP) is 2.31. The van der Waals surface area contributed by atoms with Crippen molar-refractivity contribution in [1.29, 1.82) is 5.26 Å². The van der Waals surface area contributed by atoms with Crippen molar-refractivity contribution in [2.24, 2.45) is 0 Å². The summed E-state index contributed by atoms with van der Waals surface area (Å²) >= 11 is 0. The van der Waals surface area contributed by atoms with Gasteiger partial charge in [-0.05, 0) is 25.8 Å². The molecular weight excluding hydrogens is 186 g/mol. The third-order valence-electron chi connectivity index (χ3n) is 2.88. The average Bonchev–Trinajstić information content (AvgIpc) is 2.81. The van der Waals surface area contributed by atoms with Gasteiger partial charge in [-0.2, -0.15) is 5.26 Å². The zero-order valence-corrected chi connectivity index (χ0v) is 8.98. The van der Waals surface area contributed by atoms with Gasteiger partial charge in [0.05, 0.1) is 12.0 Å². The molecular formula is C12H15N3. The van der Waals surface area contributed by atoms with Gasteiger partial charge in [-0.3, -0.25) is 0 Å². The monoisotopic (exact) mass is 201 g/mol. The van der Waals surface area contributed by atoms with E-state index in [0.717, 1.165) is 24.5 Å². The molecule has 1 aromatic rings. The van der Waals surface area contributed by atoms with Crippen LogP contribution in [-0.2, 0) is 0 Å². The van der Waals surface area contributed by atoms with Crippen molar-refractivity contribution in [1.82, 2.24) is 4.98 Å². The molecule has 1 fully saturated rings. The van der Waals surface area contributed by atoms with Crippen molar-refractivity contribution in [2.45, 2.75) is 25.7 Å². The summed E-state index contributed by atoms with van der Waals surface area (Å²) in [6.07, 6.45) is 4.27. The van der Waals surface area contributed by atoms with Crippen LogP contribution in [0.2, 0.25) is 0 Å². The molecule has 0 radical (unpaired) electrons. The van der Waals surface area contributed by atoms with Crippen LogP contribution in [0.1, 0.15) is 31.2 Å². The maximum absolute atomic E-state index is 8.96. The van der Waals surface area contributed by atoms with E-state index in [1.807, 2.05) is 19.1 Å². The van der Waals surface area contributed by atoms with Crippen LogP contribution in [-0.4, -0.2) is 18.1 Å². The third kappa shape index (κ3) is 1.94. The first kappa shape index (κ1) is 9.97. The fraction of sp³-hybridized carbons (Fsp3) is 0.500. The number of rotatable bonds is 2. The number of hydrogen-bond donors (Lipinski definition) is 0. The second kappa shape index (κ2) is 4.31. The highest BCUT2D eigenvalue weighted by Gasteiger charge is 2.19. The summed E-state index contributed by atoms with van der Waals surface area (Å²) in [5.41, 5.74) is 1.06. The largest absolute Gasteiger partial charge is 0.356 e. The van der Waals surface area contributed by atoms with Gasteiger partial charge in [-0.25, -0.2) is 4.98 Å². The van der Waals surface area contributed by atoms with Gasteiger partial charge in [0.2, 0.25) is 0 Å². The first-order valence-electron chi connectivity index (χ1n) is 5.42. The molecule has 0 N–H and O–H groups in total. The smallest absolute Gasteiger partial charge is 0.133 e. The Morgan fingerprint density at radius 1 is 1.47 bits per heavy atom. The Kier molecular flexibility index (Phi) is 2.86. The summed E-state index contributed by atoms with van der Waals surface area (Å²) in [6, 6.07) is 6.19. The van der Waals surface area contributed by atoms with E-state index >= 15 is 0 Å². The lowest BCUT2D eigenvalue weighted by molar-refractivity contribution is 0.886. The lowest BCUT2D eigenvalue weighted by atomic mass is 10.0. The van der Waals surface area contributed by atoms with Crippen LogP contribution in [0.4, 0.5) is 5.82 Å². The van der Waals surface area contributed by atoms with Gasteiger partial charge in [0.1, 0.15) is 5.82 Å². The summed E-state index contributed by atoms with van der Waals surface area (Å²) in [7, 11) is 0. The van der Waals surface area contributed by atoms with Gasteiger partial charge in [0, 0.05) is 24.8 Å². The first-order chi connectivity index (χ1) is 7.33. The quantitative estimate of drug-likeness (QED) is 0.737. The maximum Gasteiger partial charge on any atom is 0.133 e. The molecule has 1 unspecified atom stereocenters. The molecule has 2 rings (SSSR count). The van der Waals surface area contributed by atoms with Crippen LogP contribution in [0.5, 0.6) is 0 Å². The summed E-state index contributed by atoms with van der Waals surface area (Å²) in [5, 5.41) is 8.96. The molecule has 78 valence electrons. The second-order valence-electron chi connectivity index (χ2n) is 3.96. The van der Waals surface area contributed by atoms with Crippen LogP contribution in [0.15, 0.2) is 18.3 Å². The number of pyridine rings is 1. The molecule has 2 heterocycles. The summed E-state index contributed by atoms with van der Waals surface area (Å²) in [5.74, 6) is 0.929. The summed E-state index contributed by atoms with van der Waals surface area (Å²) in [6.45, 7) is 4.07. The Balaban J connectivity index is 2.33. The van der Waals surface area contributed by atoms with E-state index in [2.05, 4.69) is 16.0 Å². The van der Waals surface area contributed by atoms with E-state index in [-0.39, 0.29) is 5.92 Å². The van der Waals surface area contributed by atoms with E-state index in [9.17, 15) is 0 Å². The van der Waals surface area contributed by atoms with Gasteiger partial charge in [-0.1, -0.05) is 6.07 Å². The van der Waals surface area contributed by atoms with E-state index in [4.69, 9.17) is 5.26 Å². The molecule has 3 nitrogen and oxygen atoms in total. The van der Waals surface area contributed by atoms with Gasteiger partial charge in [0.15, 0.2) is 0 Å². The second-order valence-corrected chi connectivity index (χ2v) is 3.96. The molecule has 0 bridgehead atoms. The molecule has 1 saturated heterocycles. The highest BCUT2D eigenvalue weighted by Crippen LogP contribution is 2.27. The molecule has 1 aliphatic rings. The van der Waals surface area contributed by atoms with Gasteiger partial charge >= 0.3 is 0 Å². The van der Waals surface area contributed by atoms with E-state index in [1.165, 1.54) is 12.8 Å². The molecule has 1 atom stereocenters. The fourth-order valence-corrected chi connectivity index (χ4v) is 2.01. The van der Waals surface area contributed by atoms with Crippen LogP contribution < -0.4 is 4.90 Å². The highest BCUT2D eigenvalue weighted by molar-refractivity contribution is 5.50. The minimum Gasteiger partial charge on any atom is -0.356 e. The first-order valence-corrected chi connectivity index (χ1v) is 5.42. The molecule has 0 amide bonds. The molecule has 0 aliphatic carbocycles. The van der Waals surface area contributed by atoms with Crippen LogP contribution in [0.3, 0.4) is 0 Å². The Morgan fingerprint density at radius 2 is 2.20 bits per heavy atom. The van der Waals surface area contributed by atoms with E-state index in [0.29, 0.717) is 0 Å². The molecule has 1 aromatic heterocycles. The zero-order valence-electron chi connectivity index (χ0n) is 8.98. The van der Waals surface area contributed by atoms with Gasteiger partial charge < -0.3 is 4.90 Å². The average molecular weight is 201 g/mol. The van der Waals surface area contributed by atoms with Gasteiger partial charge in [-0.15, -0.1) is 0 Å². The Labute approximate surface area is 90.4 Å². The van der Waals surface area contributed by atoms with Crippen LogP contribution in [0.25, 0.3) is 0 Å². The number of nitriles is 1. The summed E-state index contributed by atoms with van der Waals surface area (Å²) < 4.78 is 0. The SMILES string of the molecule is CC(C#N)c1cccnc1N1CCCC1. The highest BCUT2D eigenvalue weighted by atomic mass is 15.2. The van der Waals surface area contributed by atoms with Crippen molar-refractivity contribution in [3.05, 3.63) is 23.9 Å². The standard InChI is InChI=1S/C12H15N3/c1-10(9-13)11-5-4-6-14-12(11)15-7-2-3-8-15/h4-6,10H,2-3,7-8H2,1H3. The third-order valence-corrected chi connectivity index (χ3v) is 2.88. The van der Waals surface area contributed by atoms with Gasteiger partial charge in [0.25, 0.3) is 0 Å². The Bertz CT molecular complexity index is 375. The van der Waals surface area contributed by atoms with E-state index < -0.39 is 0 Å². The normalized spacial score (nSPS) is 17.5. The number of hydrogen-bond acceptors (Lipinski definition) is 3. The molecule has 0 spiro atoms. The van der Waals surface area contributed by atoms with Crippen molar-refractivity contribution in [2.75, 3.05) is 18.0 Å². The predicted molar refractivity (Wildman–Crippen MR) is 59.7 cm³/mol. The van der Waals surface area contributed by atoms with Crippen LogP contribution >= 0.6 is 0 Å². The minimum absolute atomic E-state index is 0.0747. The van der Waals surface area contributed by atoms with Crippen molar-refractivity contribution in [3.8, 4) is 6.07 Å². The van der Waals surface area contributed by atoms with Crippen molar-refractivity contribution >= 4 is 5.82 Å². The Hall–Kier alpha value is -1.56. The van der Waals surface area contributed by atoms with E-state index in [1.54, 1.807) is 6.20 Å². The molecule has 1 aliphatic heterocycles. The maximum atomic E-state index is 8.96. The van der Waals surface area contributed by atoms with Crippen LogP contribution in [0, 0.1) is 11.3 Å². The topological polar surface area (TPSA) is 39.9 Å². The molecule has 15 heavy (non-hydrogen) atoms. The minimum atomic E-state index is -0.0747. The zero-order chi connectivity index (χ0) is 10.7. The lowest BCUT2D eigenvalue weighted by Crippen LogP contribution is -2.21. The number of nitrogens with zero attached hydrogens (tertiary/aromatic N) is 3. The number of aromatic nitrogens is 1. The molecule has 0 aromatic carbocycles. The number of anilines is 1. The molecule has 0 saturated carbocycles. The Morgan fingerprint density at radius 3 is 2.87 bits per heavy atom. The lowest BCUT2D eigenvalue weighted by Gasteiger charge is -2.20. The van der Waals surface area contributed by atoms with Crippen molar-refractivity contribution < 1.29 is 0 Å². The molecule has 3 heteroatoms. The van der Waals surface area contributed by atoms with Crippen molar-refractivity contribution in [3.63, 3.8) is 0 Å². The summed E-state index contributed by atoms with van der Waals surface area (Å²) in [4.78, 5) is 6.69.